The number of hydrogen-bond donors (Lipinski definition) is 1. The Morgan fingerprint density at radius 1 is 1.00 bits per heavy atom. The zero-order valence-corrected chi connectivity index (χ0v) is 9.69. The minimum Gasteiger partial charge on any atom is -0.455 e. The third kappa shape index (κ3) is 10.4. The zero-order chi connectivity index (χ0) is 8.41. The van der Waals surface area contributed by atoms with Crippen molar-refractivity contribution in [2.45, 2.75) is 47.6 Å². The summed E-state index contributed by atoms with van der Waals surface area (Å²) in [5.74, 6) is 0. The van der Waals surface area contributed by atoms with Gasteiger partial charge in [-0.05, 0) is 32.7 Å². The van der Waals surface area contributed by atoms with Crippen molar-refractivity contribution in [1.82, 2.24) is 0 Å². The van der Waals surface area contributed by atoms with Crippen molar-refractivity contribution in [1.29, 1.82) is 0 Å². The van der Waals surface area contributed by atoms with E-state index in [9.17, 15) is 0 Å². The first-order chi connectivity index (χ1) is 4.27. The molecule has 0 saturated carbocycles. The maximum absolute atomic E-state index is 5.93. The minimum absolute atomic E-state index is 0. The second-order valence-electron chi connectivity index (χ2n) is 4.18. The van der Waals surface area contributed by atoms with E-state index >= 15 is 0 Å². The Morgan fingerprint density at radius 3 is 1.42 bits per heavy atom. The monoisotopic (exact) mass is 209 g/mol. The summed E-state index contributed by atoms with van der Waals surface area (Å²) < 4.78 is 5.93. The highest BCUT2D eigenvalue weighted by molar-refractivity contribution is 6.84. The van der Waals surface area contributed by atoms with Crippen LogP contribution in [0.25, 0.3) is 0 Å². The van der Waals surface area contributed by atoms with Crippen LogP contribution < -0.4 is 5.73 Å². The van der Waals surface area contributed by atoms with Gasteiger partial charge in [0.15, 0.2) is 16.6 Å². The van der Waals surface area contributed by atoms with Crippen molar-refractivity contribution in [2.24, 2.45) is 5.73 Å². The predicted molar refractivity (Wildman–Crippen MR) is 64.4 cm³/mol. The van der Waals surface area contributed by atoms with Crippen LogP contribution >= 0.6 is 0 Å². The largest absolute Gasteiger partial charge is 0.455 e. The summed E-state index contributed by atoms with van der Waals surface area (Å²) in [6.45, 7) is 11.0. The van der Waals surface area contributed by atoms with Crippen molar-refractivity contribution in [3.63, 3.8) is 0 Å². The summed E-state index contributed by atoms with van der Waals surface area (Å²) in [5.41, 5.74) is 5.57. The van der Waals surface area contributed by atoms with Crippen LogP contribution in [0.3, 0.4) is 0 Å². The maximum Gasteiger partial charge on any atom is 0.186 e. The fraction of sp³-hybridized carbons (Fsp3) is 1.00. The fourth-order valence-corrected chi connectivity index (χ4v) is 7.83. The van der Waals surface area contributed by atoms with Gasteiger partial charge in [-0.3, -0.25) is 0 Å². The Bertz CT molecular complexity index is 110. The van der Waals surface area contributed by atoms with Gasteiger partial charge in [0, 0.05) is 6.17 Å². The Kier molecular flexibility index (Phi) is 8.96. The van der Waals surface area contributed by atoms with Gasteiger partial charge in [-0.2, -0.15) is 0 Å². The molecule has 0 aromatic heterocycles. The van der Waals surface area contributed by atoms with Crippen LogP contribution in [-0.4, -0.2) is 22.8 Å². The van der Waals surface area contributed by atoms with Crippen LogP contribution in [0.1, 0.15) is 14.9 Å². The molecule has 2 N–H and O–H groups in total. The van der Waals surface area contributed by atoms with Gasteiger partial charge < -0.3 is 9.85 Å². The van der Waals surface area contributed by atoms with E-state index in [2.05, 4.69) is 32.7 Å². The highest BCUT2D eigenvalue weighted by Gasteiger charge is 2.27. The van der Waals surface area contributed by atoms with Gasteiger partial charge in [-0.15, -0.1) is 0 Å². The van der Waals surface area contributed by atoms with E-state index in [0.29, 0.717) is 0 Å². The third-order valence-corrected chi connectivity index (χ3v) is 6.72. The summed E-state index contributed by atoms with van der Waals surface area (Å²) in [5, 5.41) is 0. The number of hydrogen-bond acceptors (Lipinski definition) is 2. The molecule has 12 heavy (non-hydrogen) atoms. The molecule has 0 aliphatic carbocycles. The minimum atomic E-state index is -1.47. The van der Waals surface area contributed by atoms with Gasteiger partial charge in [0.05, 0.1) is 0 Å². The van der Waals surface area contributed by atoms with Crippen molar-refractivity contribution in [2.75, 3.05) is 6.17 Å². The quantitative estimate of drug-likeness (QED) is 0.726. The SMILES string of the molecule is C.C.C[Si](C)(C)O[Si](C)(C)CN. The first-order valence-corrected chi connectivity index (χ1v) is 10.2. The lowest BCUT2D eigenvalue weighted by Gasteiger charge is -2.30. The molecule has 78 valence electrons. The molecule has 0 spiro atoms. The van der Waals surface area contributed by atoms with E-state index in [1.54, 1.807) is 0 Å². The Hall–Kier alpha value is 0.354. The smallest absolute Gasteiger partial charge is 0.186 e. The second kappa shape index (κ2) is 5.91. The molecule has 0 aromatic rings. The molecule has 0 heterocycles. The normalized spacial score (nSPS) is 11.5. The van der Waals surface area contributed by atoms with Gasteiger partial charge in [0.2, 0.25) is 0 Å². The molecule has 0 aromatic carbocycles. The summed E-state index contributed by atoms with van der Waals surface area (Å²) in [4.78, 5) is 0. The highest BCUT2D eigenvalue weighted by atomic mass is 28.4. The average Bonchev–Trinajstić information content (AvgIpc) is 1.60. The molecule has 0 rings (SSSR count). The predicted octanol–water partition coefficient (Wildman–Crippen LogP) is 2.81. The number of rotatable bonds is 3. The lowest BCUT2D eigenvalue weighted by molar-refractivity contribution is 0.550. The molecule has 0 aliphatic heterocycles. The Labute approximate surface area is 80.8 Å². The zero-order valence-electron chi connectivity index (χ0n) is 7.69. The van der Waals surface area contributed by atoms with Crippen LogP contribution in [0.2, 0.25) is 32.7 Å². The fourth-order valence-electron chi connectivity index (χ4n) is 0.871. The standard InChI is InChI=1S/C6H19NOSi2.2CH4/c1-9(2,3)8-10(4,5)6-7;;/h6-7H2,1-5H3;2*1H4. The molecule has 0 fully saturated rings. The lowest BCUT2D eigenvalue weighted by Crippen LogP contribution is -2.47. The van der Waals surface area contributed by atoms with Crippen molar-refractivity contribution < 1.29 is 4.12 Å². The van der Waals surface area contributed by atoms with Crippen LogP contribution in [0.15, 0.2) is 0 Å². The van der Waals surface area contributed by atoms with Crippen LogP contribution in [0.5, 0.6) is 0 Å². The first kappa shape index (κ1) is 18.2. The van der Waals surface area contributed by atoms with Gasteiger partial charge in [0.1, 0.15) is 0 Å². The highest BCUT2D eigenvalue weighted by Crippen LogP contribution is 2.11. The third-order valence-electron chi connectivity index (χ3n) is 1.07. The average molecular weight is 209 g/mol. The van der Waals surface area contributed by atoms with Crippen LogP contribution in [0, 0.1) is 0 Å². The molecule has 0 unspecified atom stereocenters. The van der Waals surface area contributed by atoms with E-state index in [4.69, 9.17) is 9.85 Å². The molecule has 0 aliphatic rings. The molecular weight excluding hydrogens is 182 g/mol. The maximum atomic E-state index is 5.93. The lowest BCUT2D eigenvalue weighted by atomic mass is 11.5. The van der Waals surface area contributed by atoms with E-state index in [1.165, 1.54) is 0 Å². The topological polar surface area (TPSA) is 35.2 Å². The molecule has 0 radical (unpaired) electrons. The van der Waals surface area contributed by atoms with E-state index in [-0.39, 0.29) is 14.9 Å². The Morgan fingerprint density at radius 2 is 1.33 bits per heavy atom. The van der Waals surface area contributed by atoms with E-state index in [1.807, 2.05) is 0 Å². The van der Waals surface area contributed by atoms with Crippen molar-refractivity contribution >= 4 is 16.6 Å². The summed E-state index contributed by atoms with van der Waals surface area (Å²) in [6, 6.07) is 0. The first-order valence-electron chi connectivity index (χ1n) is 3.67. The summed E-state index contributed by atoms with van der Waals surface area (Å²) >= 11 is 0. The van der Waals surface area contributed by atoms with Crippen LogP contribution in [0.4, 0.5) is 0 Å². The molecule has 2 nitrogen and oxygen atoms in total. The number of nitrogens with two attached hydrogens (primary N) is 1. The van der Waals surface area contributed by atoms with Gasteiger partial charge >= 0.3 is 0 Å². The van der Waals surface area contributed by atoms with Gasteiger partial charge in [0.25, 0.3) is 0 Å². The molecule has 0 bridgehead atoms. The molecule has 0 atom stereocenters. The van der Waals surface area contributed by atoms with Gasteiger partial charge in [-0.25, -0.2) is 0 Å². The van der Waals surface area contributed by atoms with E-state index < -0.39 is 16.6 Å². The summed E-state index contributed by atoms with van der Waals surface area (Å²) in [7, 11) is -2.81. The van der Waals surface area contributed by atoms with Crippen molar-refractivity contribution in [3.05, 3.63) is 0 Å². The van der Waals surface area contributed by atoms with Gasteiger partial charge in [-0.1, -0.05) is 14.9 Å². The molecule has 0 saturated heterocycles. The molecular formula is C8H27NOSi2. The van der Waals surface area contributed by atoms with E-state index in [0.717, 1.165) is 6.17 Å². The Balaban J connectivity index is -0.000000405. The van der Waals surface area contributed by atoms with Crippen molar-refractivity contribution in [3.8, 4) is 0 Å². The second-order valence-corrected chi connectivity index (χ2v) is 13.1. The molecule has 0 amide bonds. The summed E-state index contributed by atoms with van der Waals surface area (Å²) in [6.07, 6.45) is 0.733. The molecule has 4 heteroatoms. The van der Waals surface area contributed by atoms with Crippen LogP contribution in [-0.2, 0) is 4.12 Å².